The SMILES string of the molecule is O=C1C2CC3OC3CC2C(=O)N1c1ccc(Cc2ccc(N3C(=O)C4CC5OC5CC4C3=O)cc2)cc1. The van der Waals surface area contributed by atoms with Crippen molar-refractivity contribution in [2.75, 3.05) is 9.80 Å². The fourth-order valence-electron chi connectivity index (χ4n) is 7.09. The highest BCUT2D eigenvalue weighted by atomic mass is 16.6. The second kappa shape index (κ2) is 7.58. The number of hydrogen-bond acceptors (Lipinski definition) is 6. The molecular weight excluding hydrogens is 472 g/mol. The van der Waals surface area contributed by atoms with Gasteiger partial charge in [-0.25, -0.2) is 0 Å². The number of imide groups is 2. The van der Waals surface area contributed by atoms with Gasteiger partial charge in [0.15, 0.2) is 0 Å². The van der Waals surface area contributed by atoms with Crippen molar-refractivity contribution in [2.24, 2.45) is 23.7 Å². The number of amides is 4. The summed E-state index contributed by atoms with van der Waals surface area (Å²) in [4.78, 5) is 54.6. The van der Waals surface area contributed by atoms with Gasteiger partial charge in [-0.1, -0.05) is 24.3 Å². The molecule has 4 saturated heterocycles. The number of fused-ring (bicyclic) bond motifs is 4. The molecule has 6 aliphatic rings. The van der Waals surface area contributed by atoms with Crippen LogP contribution in [0.2, 0.25) is 0 Å². The predicted molar refractivity (Wildman–Crippen MR) is 130 cm³/mol. The Hall–Kier alpha value is -3.36. The summed E-state index contributed by atoms with van der Waals surface area (Å²) in [5.41, 5.74) is 3.32. The Kier molecular flexibility index (Phi) is 4.45. The zero-order valence-electron chi connectivity index (χ0n) is 20.1. The van der Waals surface area contributed by atoms with E-state index in [-0.39, 0.29) is 71.7 Å². The minimum atomic E-state index is -0.258. The molecule has 8 heteroatoms. The third-order valence-corrected chi connectivity index (χ3v) is 9.24. The minimum absolute atomic E-state index is 0.109. The Labute approximate surface area is 213 Å². The van der Waals surface area contributed by atoms with Gasteiger partial charge in [0.05, 0.1) is 59.5 Å². The summed E-state index contributed by atoms with van der Waals surface area (Å²) in [7, 11) is 0. The number of ether oxygens (including phenoxy) is 2. The maximum atomic E-state index is 13.0. The standard InChI is InChI=1S/C29H26N2O6/c32-26-18-10-22-23(36-22)11-19(18)27(33)30(26)16-5-1-14(2-6-16)9-15-3-7-17(8-4-15)31-28(34)20-12-24-25(37-24)13-21(20)29(31)35/h1-8,18-25H,9-13H2. The largest absolute Gasteiger partial charge is 0.370 e. The first-order valence-electron chi connectivity index (χ1n) is 13.2. The van der Waals surface area contributed by atoms with Gasteiger partial charge in [0.1, 0.15) is 0 Å². The van der Waals surface area contributed by atoms with Crippen LogP contribution >= 0.6 is 0 Å². The highest BCUT2D eigenvalue weighted by Crippen LogP contribution is 2.49. The molecule has 0 radical (unpaired) electrons. The third kappa shape index (κ3) is 3.28. The summed E-state index contributed by atoms with van der Waals surface area (Å²) in [6.45, 7) is 0. The summed E-state index contributed by atoms with van der Waals surface area (Å²) in [6.07, 6.45) is 3.85. The van der Waals surface area contributed by atoms with Crippen LogP contribution < -0.4 is 9.80 Å². The van der Waals surface area contributed by atoms with Gasteiger partial charge in [-0.05, 0) is 67.5 Å². The lowest BCUT2D eigenvalue weighted by Gasteiger charge is -2.16. The number of epoxide rings is 2. The average Bonchev–Trinajstić information content (AvgIpc) is 3.81. The van der Waals surface area contributed by atoms with Gasteiger partial charge >= 0.3 is 0 Å². The molecule has 8 atom stereocenters. The van der Waals surface area contributed by atoms with E-state index in [0.29, 0.717) is 43.5 Å². The quantitative estimate of drug-likeness (QED) is 0.475. The minimum Gasteiger partial charge on any atom is -0.370 e. The van der Waals surface area contributed by atoms with E-state index in [0.717, 1.165) is 11.1 Å². The first-order valence-corrected chi connectivity index (χ1v) is 13.2. The summed E-state index contributed by atoms with van der Waals surface area (Å²) < 4.78 is 11.1. The van der Waals surface area contributed by atoms with Crippen LogP contribution in [-0.4, -0.2) is 48.0 Å². The molecule has 0 spiro atoms. The Morgan fingerprint density at radius 2 is 0.811 bits per heavy atom. The molecule has 2 aromatic carbocycles. The molecule has 4 heterocycles. The second-order valence-corrected chi connectivity index (χ2v) is 11.3. The van der Waals surface area contributed by atoms with E-state index < -0.39 is 0 Å². The van der Waals surface area contributed by atoms with Crippen LogP contribution in [0.5, 0.6) is 0 Å². The van der Waals surface area contributed by atoms with Crippen molar-refractivity contribution in [1.82, 2.24) is 0 Å². The van der Waals surface area contributed by atoms with Gasteiger partial charge in [-0.3, -0.25) is 29.0 Å². The number of rotatable bonds is 4. The van der Waals surface area contributed by atoms with Crippen molar-refractivity contribution in [1.29, 1.82) is 0 Å². The van der Waals surface area contributed by atoms with E-state index in [1.54, 1.807) is 0 Å². The van der Waals surface area contributed by atoms with Crippen molar-refractivity contribution in [3.63, 3.8) is 0 Å². The van der Waals surface area contributed by atoms with E-state index in [1.165, 1.54) is 9.80 Å². The first-order chi connectivity index (χ1) is 18.0. The third-order valence-electron chi connectivity index (χ3n) is 9.24. The molecule has 2 saturated carbocycles. The topological polar surface area (TPSA) is 99.8 Å². The summed E-state index contributed by atoms with van der Waals surface area (Å²) in [6, 6.07) is 15.1. The monoisotopic (exact) mass is 498 g/mol. The molecule has 4 amide bonds. The molecular formula is C29H26N2O6. The number of nitrogens with zero attached hydrogens (tertiary/aromatic N) is 2. The Morgan fingerprint density at radius 3 is 1.11 bits per heavy atom. The number of anilines is 2. The lowest BCUT2D eigenvalue weighted by Crippen LogP contribution is -2.31. The van der Waals surface area contributed by atoms with Gasteiger partial charge in [0, 0.05) is 0 Å². The maximum absolute atomic E-state index is 13.0. The van der Waals surface area contributed by atoms with Crippen LogP contribution in [0.1, 0.15) is 36.8 Å². The van der Waals surface area contributed by atoms with Gasteiger partial charge in [0.25, 0.3) is 0 Å². The Bertz CT molecular complexity index is 1190. The normalized spacial score (nSPS) is 37.3. The fourth-order valence-corrected chi connectivity index (χ4v) is 7.09. The van der Waals surface area contributed by atoms with Crippen molar-refractivity contribution >= 4 is 35.0 Å². The van der Waals surface area contributed by atoms with Crippen LogP contribution in [0, 0.1) is 23.7 Å². The molecule has 8 nitrogen and oxygen atoms in total. The molecule has 2 aromatic rings. The zero-order chi connectivity index (χ0) is 25.0. The molecule has 6 fully saturated rings. The van der Waals surface area contributed by atoms with Crippen LogP contribution in [0.4, 0.5) is 11.4 Å². The summed E-state index contributed by atoms with van der Waals surface area (Å²) in [5.74, 6) is -1.46. The predicted octanol–water partition coefficient (Wildman–Crippen LogP) is 2.61. The van der Waals surface area contributed by atoms with Gasteiger partial charge in [0.2, 0.25) is 23.6 Å². The molecule has 37 heavy (non-hydrogen) atoms. The van der Waals surface area contributed by atoms with E-state index in [9.17, 15) is 19.2 Å². The fraction of sp³-hybridized carbons (Fsp3) is 0.448. The van der Waals surface area contributed by atoms with Crippen molar-refractivity contribution < 1.29 is 28.7 Å². The Morgan fingerprint density at radius 1 is 0.514 bits per heavy atom. The molecule has 0 aromatic heterocycles. The second-order valence-electron chi connectivity index (χ2n) is 11.3. The highest BCUT2D eigenvalue weighted by Gasteiger charge is 2.59. The highest BCUT2D eigenvalue weighted by molar-refractivity contribution is 6.23. The number of benzene rings is 2. The van der Waals surface area contributed by atoms with Gasteiger partial charge in [-0.2, -0.15) is 0 Å². The Balaban J connectivity index is 0.956. The van der Waals surface area contributed by atoms with E-state index in [1.807, 2.05) is 48.5 Å². The average molecular weight is 499 g/mol. The molecule has 8 rings (SSSR count). The molecule has 0 bridgehead atoms. The molecule has 0 N–H and O–H groups in total. The van der Waals surface area contributed by atoms with Crippen molar-refractivity contribution in [3.05, 3.63) is 59.7 Å². The number of hydrogen-bond donors (Lipinski definition) is 0. The smallest absolute Gasteiger partial charge is 0.237 e. The van der Waals surface area contributed by atoms with E-state index in [2.05, 4.69) is 0 Å². The van der Waals surface area contributed by atoms with Crippen LogP contribution in [-0.2, 0) is 35.1 Å². The van der Waals surface area contributed by atoms with E-state index in [4.69, 9.17) is 9.47 Å². The lowest BCUT2D eigenvalue weighted by atomic mass is 9.81. The maximum Gasteiger partial charge on any atom is 0.237 e. The van der Waals surface area contributed by atoms with Gasteiger partial charge < -0.3 is 9.47 Å². The number of carbonyl (C=O) groups excluding carboxylic acids is 4. The van der Waals surface area contributed by atoms with Gasteiger partial charge in [-0.15, -0.1) is 0 Å². The van der Waals surface area contributed by atoms with Crippen LogP contribution in [0.15, 0.2) is 48.5 Å². The van der Waals surface area contributed by atoms with Crippen LogP contribution in [0.3, 0.4) is 0 Å². The molecule has 2 aliphatic carbocycles. The van der Waals surface area contributed by atoms with Crippen molar-refractivity contribution in [3.8, 4) is 0 Å². The lowest BCUT2D eigenvalue weighted by molar-refractivity contribution is -0.124. The summed E-state index contributed by atoms with van der Waals surface area (Å²) >= 11 is 0. The molecule has 188 valence electrons. The summed E-state index contributed by atoms with van der Waals surface area (Å²) in [5, 5.41) is 0. The number of carbonyl (C=O) groups is 4. The van der Waals surface area contributed by atoms with Crippen LogP contribution in [0.25, 0.3) is 0 Å². The van der Waals surface area contributed by atoms with Crippen molar-refractivity contribution in [2.45, 2.75) is 56.5 Å². The zero-order valence-corrected chi connectivity index (χ0v) is 20.1. The van der Waals surface area contributed by atoms with E-state index >= 15 is 0 Å². The first kappa shape index (κ1) is 21.7. The molecule has 8 unspecified atom stereocenters. The molecule has 4 aliphatic heterocycles.